The molecule has 8 heteroatoms. The number of hydrogen-bond donors (Lipinski definition) is 0. The number of nitrogens with zero attached hydrogens (tertiary/aromatic N) is 1. The average molecular weight is 405 g/mol. The van der Waals surface area contributed by atoms with Gasteiger partial charge in [0, 0.05) is 27.5 Å². The number of sulfone groups is 1. The summed E-state index contributed by atoms with van der Waals surface area (Å²) >= 11 is 0. The fourth-order valence-electron chi connectivity index (χ4n) is 3.24. The van der Waals surface area contributed by atoms with Gasteiger partial charge >= 0.3 is 0 Å². The molecular weight excluding hydrogens is 382 g/mol. The van der Waals surface area contributed by atoms with Gasteiger partial charge in [-0.2, -0.15) is 0 Å². The van der Waals surface area contributed by atoms with Gasteiger partial charge in [-0.25, -0.2) is 8.42 Å². The van der Waals surface area contributed by atoms with Crippen LogP contribution in [0, 0.1) is 0 Å². The van der Waals surface area contributed by atoms with Crippen molar-refractivity contribution in [2.24, 2.45) is 0 Å². The van der Waals surface area contributed by atoms with Crippen molar-refractivity contribution < 1.29 is 27.4 Å². The highest BCUT2D eigenvalue weighted by molar-refractivity contribution is 7.95. The van der Waals surface area contributed by atoms with Crippen molar-refractivity contribution in [3.05, 3.63) is 65.3 Å². The minimum atomic E-state index is -3.93. The van der Waals surface area contributed by atoms with Crippen molar-refractivity contribution in [2.45, 2.75) is 23.2 Å². The molecule has 0 amide bonds. The van der Waals surface area contributed by atoms with E-state index in [-0.39, 0.29) is 22.2 Å². The van der Waals surface area contributed by atoms with Crippen LogP contribution in [0.25, 0.3) is 5.76 Å². The molecule has 150 valence electrons. The van der Waals surface area contributed by atoms with Gasteiger partial charge in [-0.1, -0.05) is 24.3 Å². The summed E-state index contributed by atoms with van der Waals surface area (Å²) in [7, 11) is 0.541. The second kappa shape index (κ2) is 8.83. The van der Waals surface area contributed by atoms with Crippen LogP contribution in [0.15, 0.2) is 64.5 Å². The van der Waals surface area contributed by atoms with Gasteiger partial charge in [-0.15, -0.1) is 0 Å². The summed E-state index contributed by atoms with van der Waals surface area (Å²) in [6.45, 7) is 0.202. The highest BCUT2D eigenvalue weighted by Gasteiger charge is 2.46. The molecule has 1 aliphatic rings. The Morgan fingerprint density at radius 2 is 1.71 bits per heavy atom. The summed E-state index contributed by atoms with van der Waals surface area (Å²) < 4.78 is 49.6. The Morgan fingerprint density at radius 3 is 2.29 bits per heavy atom. The number of hydrogen-bond acceptors (Lipinski definition) is 7. The first kappa shape index (κ1) is 20.5. The van der Waals surface area contributed by atoms with Crippen LogP contribution in [0.4, 0.5) is 0 Å². The molecule has 0 spiro atoms. The van der Waals surface area contributed by atoms with Gasteiger partial charge < -0.3 is 18.9 Å². The summed E-state index contributed by atoms with van der Waals surface area (Å²) in [5.74, 6) is 0.145. The van der Waals surface area contributed by atoms with Gasteiger partial charge in [0.1, 0.15) is 22.8 Å². The van der Waals surface area contributed by atoms with Crippen molar-refractivity contribution in [3.63, 3.8) is 0 Å². The largest absolute Gasteiger partial charge is 0.482 e. The molecule has 1 aromatic carbocycles. The molecule has 2 aromatic rings. The molecule has 2 heterocycles. The first-order chi connectivity index (χ1) is 13.5. The van der Waals surface area contributed by atoms with Crippen LogP contribution >= 0.6 is 0 Å². The summed E-state index contributed by atoms with van der Waals surface area (Å²) in [5, 5.41) is 0. The Morgan fingerprint density at radius 1 is 1.00 bits per heavy atom. The molecule has 0 fully saturated rings. The van der Waals surface area contributed by atoms with E-state index in [1.165, 1.54) is 33.5 Å². The predicted octanol–water partition coefficient (Wildman–Crippen LogP) is 2.30. The van der Waals surface area contributed by atoms with Crippen LogP contribution in [0.3, 0.4) is 0 Å². The Balaban J connectivity index is 2.26. The smallest absolute Gasteiger partial charge is 0.209 e. The van der Waals surface area contributed by atoms with E-state index in [2.05, 4.69) is 4.98 Å². The van der Waals surface area contributed by atoms with E-state index in [0.29, 0.717) is 5.69 Å². The van der Waals surface area contributed by atoms with Crippen molar-refractivity contribution in [3.8, 4) is 0 Å². The van der Waals surface area contributed by atoms with Crippen molar-refractivity contribution in [1.29, 1.82) is 0 Å². The molecule has 0 radical (unpaired) electrons. The van der Waals surface area contributed by atoms with Gasteiger partial charge in [-0.05, 0) is 24.3 Å². The van der Waals surface area contributed by atoms with Gasteiger partial charge in [-0.3, -0.25) is 4.98 Å². The van der Waals surface area contributed by atoms with Gasteiger partial charge in [0.25, 0.3) is 0 Å². The Bertz CT molecular complexity index is 914. The van der Waals surface area contributed by atoms with Crippen LogP contribution in [-0.4, -0.2) is 59.6 Å². The van der Waals surface area contributed by atoms with E-state index in [4.69, 9.17) is 18.9 Å². The molecule has 0 saturated heterocycles. The number of aromatic nitrogens is 1. The number of benzene rings is 1. The highest BCUT2D eigenvalue weighted by atomic mass is 32.2. The summed E-state index contributed by atoms with van der Waals surface area (Å²) in [4.78, 5) is 4.42. The lowest BCUT2D eigenvalue weighted by Crippen LogP contribution is -2.49. The lowest BCUT2D eigenvalue weighted by Gasteiger charge is -2.38. The zero-order valence-electron chi connectivity index (χ0n) is 15.9. The SMILES string of the molecule is COC[C@H]1OC(c2ccccn2)=C(S(=O)(=O)c2ccccc2)[C@@H](OC)[C@@H]1OC. The van der Waals surface area contributed by atoms with Crippen LogP contribution in [0.5, 0.6) is 0 Å². The molecule has 0 unspecified atom stereocenters. The zero-order valence-corrected chi connectivity index (χ0v) is 16.8. The molecule has 0 bridgehead atoms. The van der Waals surface area contributed by atoms with E-state index in [1.807, 2.05) is 0 Å². The zero-order chi connectivity index (χ0) is 20.1. The van der Waals surface area contributed by atoms with E-state index in [0.717, 1.165) is 0 Å². The van der Waals surface area contributed by atoms with Crippen molar-refractivity contribution in [2.75, 3.05) is 27.9 Å². The first-order valence-corrected chi connectivity index (χ1v) is 10.2. The number of pyridine rings is 1. The molecule has 1 aromatic heterocycles. The summed E-state index contributed by atoms with van der Waals surface area (Å²) in [5.41, 5.74) is 0.398. The normalized spacial score (nSPS) is 22.8. The molecule has 0 aliphatic carbocycles. The molecule has 0 saturated carbocycles. The Labute approximate surface area is 164 Å². The van der Waals surface area contributed by atoms with Crippen LogP contribution in [0.2, 0.25) is 0 Å². The van der Waals surface area contributed by atoms with Crippen LogP contribution < -0.4 is 0 Å². The molecule has 28 heavy (non-hydrogen) atoms. The van der Waals surface area contributed by atoms with E-state index < -0.39 is 28.1 Å². The van der Waals surface area contributed by atoms with Crippen LogP contribution in [0.1, 0.15) is 5.69 Å². The Kier molecular flexibility index (Phi) is 6.46. The van der Waals surface area contributed by atoms with E-state index >= 15 is 0 Å². The second-order valence-corrected chi connectivity index (χ2v) is 8.11. The molecule has 1 aliphatic heterocycles. The summed E-state index contributed by atoms with van der Waals surface area (Å²) in [6, 6.07) is 13.4. The predicted molar refractivity (Wildman–Crippen MR) is 103 cm³/mol. The third kappa shape index (κ3) is 3.81. The van der Waals surface area contributed by atoms with E-state index in [1.54, 1.807) is 42.6 Å². The highest BCUT2D eigenvalue weighted by Crippen LogP contribution is 2.39. The minimum Gasteiger partial charge on any atom is -0.482 e. The van der Waals surface area contributed by atoms with Gasteiger partial charge in [0.2, 0.25) is 9.84 Å². The van der Waals surface area contributed by atoms with Crippen molar-refractivity contribution in [1.82, 2.24) is 4.98 Å². The molecule has 3 rings (SSSR count). The molecule has 0 N–H and O–H groups in total. The van der Waals surface area contributed by atoms with E-state index in [9.17, 15) is 8.42 Å². The number of rotatable bonds is 7. The standard InChI is InChI=1S/C20H23NO6S/c1-24-13-16-18(25-2)19(26-3)20(17(27-16)15-11-7-8-12-21-15)28(22,23)14-9-5-4-6-10-14/h4-12,16,18-19H,13H2,1-3H3/t16-,18-,19+/m1/s1. The third-order valence-corrected chi connectivity index (χ3v) is 6.40. The molecule has 3 atom stereocenters. The van der Waals surface area contributed by atoms with Crippen LogP contribution in [-0.2, 0) is 28.8 Å². The number of ether oxygens (including phenoxy) is 4. The monoisotopic (exact) mass is 405 g/mol. The lowest BCUT2D eigenvalue weighted by molar-refractivity contribution is -0.108. The van der Waals surface area contributed by atoms with Gasteiger partial charge in [0.05, 0.1) is 11.5 Å². The minimum absolute atomic E-state index is 0.0147. The maximum absolute atomic E-state index is 13.5. The third-order valence-electron chi connectivity index (χ3n) is 4.51. The Hall–Kier alpha value is -2.26. The van der Waals surface area contributed by atoms with Gasteiger partial charge in [0.15, 0.2) is 11.9 Å². The fourth-order valence-corrected chi connectivity index (χ4v) is 4.95. The fraction of sp³-hybridized carbons (Fsp3) is 0.350. The topological polar surface area (TPSA) is 84.0 Å². The summed E-state index contributed by atoms with van der Waals surface area (Å²) in [6.07, 6.45) is -0.549. The maximum atomic E-state index is 13.5. The average Bonchev–Trinajstić information content (AvgIpc) is 2.74. The quantitative estimate of drug-likeness (QED) is 0.699. The number of methoxy groups -OCH3 is 3. The maximum Gasteiger partial charge on any atom is 0.209 e. The molecule has 7 nitrogen and oxygen atoms in total. The van der Waals surface area contributed by atoms with Crippen molar-refractivity contribution >= 4 is 15.6 Å². The molecular formula is C20H23NO6S. The second-order valence-electron chi connectivity index (χ2n) is 6.19. The first-order valence-electron chi connectivity index (χ1n) is 8.71. The lowest BCUT2D eigenvalue weighted by atomic mass is 10.0.